The fourth-order valence-electron chi connectivity index (χ4n) is 2.05. The molecule has 0 fully saturated rings. The Labute approximate surface area is 119 Å². The predicted molar refractivity (Wildman–Crippen MR) is 74.8 cm³/mol. The summed E-state index contributed by atoms with van der Waals surface area (Å²) in [6.07, 6.45) is 1.64. The van der Waals surface area contributed by atoms with E-state index in [-0.39, 0.29) is 5.16 Å². The Morgan fingerprint density at radius 2 is 1.90 bits per heavy atom. The number of rotatable bonds is 2. The number of benzene rings is 1. The van der Waals surface area contributed by atoms with Crippen LogP contribution in [0.15, 0.2) is 41.7 Å². The lowest BCUT2D eigenvalue weighted by atomic mass is 10.1. The number of halogens is 1. The van der Waals surface area contributed by atoms with Crippen molar-refractivity contribution in [3.05, 3.63) is 36.5 Å². The van der Waals surface area contributed by atoms with Gasteiger partial charge in [0.2, 0.25) is 0 Å². The number of aromatic nitrogens is 4. The van der Waals surface area contributed by atoms with Crippen molar-refractivity contribution in [2.45, 2.75) is 5.16 Å². The quantitative estimate of drug-likeness (QED) is 0.676. The van der Waals surface area contributed by atoms with Gasteiger partial charge in [-0.05, 0) is 12.1 Å². The molecule has 0 atom stereocenters. The van der Waals surface area contributed by atoms with Gasteiger partial charge >= 0.3 is 0 Å². The van der Waals surface area contributed by atoms with Crippen molar-refractivity contribution in [3.63, 3.8) is 0 Å². The summed E-state index contributed by atoms with van der Waals surface area (Å²) in [5.74, 6) is 0.419. The Kier molecular flexibility index (Phi) is 2.95. The molecule has 0 amide bonds. The van der Waals surface area contributed by atoms with Crippen LogP contribution in [-0.4, -0.2) is 28.2 Å². The van der Waals surface area contributed by atoms with Gasteiger partial charge in [-0.2, -0.15) is 0 Å². The molecule has 0 aliphatic rings. The second-order valence-corrected chi connectivity index (χ2v) is 6.64. The summed E-state index contributed by atoms with van der Waals surface area (Å²) < 4.78 is 24.1. The number of pyridine rings is 1. The zero-order chi connectivity index (χ0) is 14.3. The average Bonchev–Trinajstić information content (AvgIpc) is 2.80. The van der Waals surface area contributed by atoms with E-state index >= 15 is 0 Å². The lowest BCUT2D eigenvalue weighted by molar-refractivity contribution is 0.593. The van der Waals surface area contributed by atoms with Gasteiger partial charge in [0, 0.05) is 34.9 Å². The van der Waals surface area contributed by atoms with Crippen LogP contribution in [-0.2, 0) is 16.1 Å². The first kappa shape index (κ1) is 13.0. The van der Waals surface area contributed by atoms with Gasteiger partial charge < -0.3 is 0 Å². The maximum Gasteiger partial charge on any atom is 0.296 e. The Morgan fingerprint density at radius 3 is 2.60 bits per heavy atom. The molecule has 20 heavy (non-hydrogen) atoms. The summed E-state index contributed by atoms with van der Waals surface area (Å²) in [6.45, 7) is 0. The molecule has 102 valence electrons. The third-order valence-corrected chi connectivity index (χ3v) is 4.15. The molecule has 2 heterocycles. The van der Waals surface area contributed by atoms with E-state index < -0.39 is 9.05 Å². The molecule has 0 spiro atoms. The predicted octanol–water partition coefficient (Wildman–Crippen LogP) is 1.96. The molecule has 0 aliphatic carbocycles. The maximum atomic E-state index is 11.4. The van der Waals surface area contributed by atoms with Crippen molar-refractivity contribution in [1.82, 2.24) is 19.7 Å². The maximum absolute atomic E-state index is 11.4. The Hall–Kier alpha value is -1.99. The fraction of sp³-hybridized carbons (Fsp3) is 0.0833. The van der Waals surface area contributed by atoms with E-state index in [0.717, 1.165) is 16.5 Å². The summed E-state index contributed by atoms with van der Waals surface area (Å²) in [4.78, 5) is 4.25. The van der Waals surface area contributed by atoms with Crippen LogP contribution in [0.2, 0.25) is 0 Å². The van der Waals surface area contributed by atoms with Gasteiger partial charge in [-0.15, -0.1) is 10.2 Å². The summed E-state index contributed by atoms with van der Waals surface area (Å²) in [5, 5.41) is 8.15. The van der Waals surface area contributed by atoms with Crippen LogP contribution in [0.3, 0.4) is 0 Å². The molecule has 3 aromatic rings. The zero-order valence-electron chi connectivity index (χ0n) is 10.4. The Morgan fingerprint density at radius 1 is 1.15 bits per heavy atom. The minimum Gasteiger partial charge on any atom is -0.300 e. The lowest BCUT2D eigenvalue weighted by Crippen LogP contribution is -2.03. The molecular formula is C12H9ClN4O2S. The van der Waals surface area contributed by atoms with Crippen LogP contribution in [0.25, 0.3) is 22.3 Å². The normalized spacial score (nSPS) is 11.9. The molecule has 6 nitrogen and oxygen atoms in total. The van der Waals surface area contributed by atoms with Gasteiger partial charge in [0.15, 0.2) is 5.82 Å². The summed E-state index contributed by atoms with van der Waals surface area (Å²) in [7, 11) is 2.95. The topological polar surface area (TPSA) is 77.7 Å². The van der Waals surface area contributed by atoms with Gasteiger partial charge in [0.1, 0.15) is 0 Å². The largest absolute Gasteiger partial charge is 0.300 e. The fourth-order valence-corrected chi connectivity index (χ4v) is 3.01. The van der Waals surface area contributed by atoms with Crippen LogP contribution in [0, 0.1) is 0 Å². The van der Waals surface area contributed by atoms with Crippen LogP contribution >= 0.6 is 10.7 Å². The molecule has 0 aliphatic heterocycles. The van der Waals surface area contributed by atoms with Gasteiger partial charge in [-0.1, -0.05) is 18.2 Å². The van der Waals surface area contributed by atoms with Crippen LogP contribution in [0.1, 0.15) is 0 Å². The third kappa shape index (κ3) is 2.04. The van der Waals surface area contributed by atoms with E-state index in [9.17, 15) is 8.42 Å². The van der Waals surface area contributed by atoms with E-state index in [4.69, 9.17) is 10.7 Å². The number of nitrogens with zero attached hydrogens (tertiary/aromatic N) is 4. The first-order chi connectivity index (χ1) is 9.48. The highest BCUT2D eigenvalue weighted by atomic mass is 35.7. The van der Waals surface area contributed by atoms with Crippen molar-refractivity contribution in [2.75, 3.05) is 0 Å². The van der Waals surface area contributed by atoms with Crippen LogP contribution < -0.4 is 0 Å². The second-order valence-electron chi connectivity index (χ2n) is 4.18. The number of hydrogen-bond donors (Lipinski definition) is 0. The highest BCUT2D eigenvalue weighted by Crippen LogP contribution is 2.27. The standard InChI is InChI=1S/C12H9ClN4O2S/c1-17-11(15-16-12(17)20(13,18)19)9-6-7-14-10-5-3-2-4-8(9)10/h2-7H,1H3. The minimum absolute atomic E-state index is 0.282. The van der Waals surface area contributed by atoms with Gasteiger partial charge in [-0.25, -0.2) is 8.42 Å². The van der Waals surface area contributed by atoms with Gasteiger partial charge in [-0.3, -0.25) is 9.55 Å². The van der Waals surface area contributed by atoms with Gasteiger partial charge in [0.25, 0.3) is 14.2 Å². The molecule has 0 N–H and O–H groups in total. The first-order valence-corrected chi connectivity index (χ1v) is 7.97. The molecule has 0 saturated carbocycles. The van der Waals surface area contributed by atoms with Crippen molar-refractivity contribution in [2.24, 2.45) is 7.05 Å². The monoisotopic (exact) mass is 308 g/mol. The Balaban J connectivity index is 2.30. The van der Waals surface area contributed by atoms with Crippen molar-refractivity contribution in [3.8, 4) is 11.4 Å². The van der Waals surface area contributed by atoms with Crippen molar-refractivity contribution in [1.29, 1.82) is 0 Å². The highest BCUT2D eigenvalue weighted by Gasteiger charge is 2.21. The molecule has 0 bridgehead atoms. The first-order valence-electron chi connectivity index (χ1n) is 5.66. The summed E-state index contributed by atoms with van der Waals surface area (Å²) >= 11 is 0. The molecule has 3 rings (SSSR count). The number of para-hydroxylation sites is 1. The van der Waals surface area contributed by atoms with Crippen molar-refractivity contribution < 1.29 is 8.42 Å². The third-order valence-electron chi connectivity index (χ3n) is 2.94. The average molecular weight is 309 g/mol. The molecule has 0 unspecified atom stereocenters. The molecule has 1 aromatic carbocycles. The SMILES string of the molecule is Cn1c(-c2ccnc3ccccc23)nnc1S(=O)(=O)Cl. The molecule has 0 radical (unpaired) electrons. The second kappa shape index (κ2) is 4.53. The van der Waals surface area contributed by atoms with Crippen LogP contribution in [0.5, 0.6) is 0 Å². The van der Waals surface area contributed by atoms with E-state index in [1.165, 1.54) is 4.57 Å². The zero-order valence-corrected chi connectivity index (χ0v) is 11.9. The lowest BCUT2D eigenvalue weighted by Gasteiger charge is -2.05. The number of hydrogen-bond acceptors (Lipinski definition) is 5. The smallest absolute Gasteiger partial charge is 0.296 e. The summed E-state index contributed by atoms with van der Waals surface area (Å²) in [6, 6.07) is 9.28. The summed E-state index contributed by atoms with van der Waals surface area (Å²) in [5.41, 5.74) is 1.54. The van der Waals surface area contributed by atoms with Crippen molar-refractivity contribution >= 4 is 30.6 Å². The van der Waals surface area contributed by atoms with E-state index in [0.29, 0.717) is 5.82 Å². The molecule has 0 saturated heterocycles. The Bertz CT molecular complexity index is 899. The molecule has 8 heteroatoms. The van der Waals surface area contributed by atoms with Crippen LogP contribution in [0.4, 0.5) is 0 Å². The highest BCUT2D eigenvalue weighted by molar-refractivity contribution is 8.13. The van der Waals surface area contributed by atoms with E-state index in [1.807, 2.05) is 24.3 Å². The van der Waals surface area contributed by atoms with E-state index in [1.54, 1.807) is 19.3 Å². The minimum atomic E-state index is -3.93. The van der Waals surface area contributed by atoms with E-state index in [2.05, 4.69) is 15.2 Å². The molecule has 2 aromatic heterocycles. The molecular weight excluding hydrogens is 300 g/mol. The number of fused-ring (bicyclic) bond motifs is 1. The van der Waals surface area contributed by atoms with Gasteiger partial charge in [0.05, 0.1) is 5.52 Å².